The number of anilines is 2. The molecule has 0 unspecified atom stereocenters. The predicted octanol–water partition coefficient (Wildman–Crippen LogP) is 3.93. The fraction of sp³-hybridized carbons (Fsp3) is 0.143. The van der Waals surface area contributed by atoms with Gasteiger partial charge in [0.05, 0.1) is 19.8 Å². The Morgan fingerprint density at radius 2 is 1.82 bits per heavy atom. The van der Waals surface area contributed by atoms with E-state index in [9.17, 15) is 9.59 Å². The van der Waals surface area contributed by atoms with Crippen molar-refractivity contribution in [3.8, 4) is 5.75 Å². The van der Waals surface area contributed by atoms with Crippen LogP contribution in [-0.4, -0.2) is 25.6 Å². The molecule has 0 aliphatic heterocycles. The molecule has 0 aliphatic rings. The van der Waals surface area contributed by atoms with Crippen molar-refractivity contribution >= 4 is 34.3 Å². The number of hydrogen-bond acceptors (Lipinski definition) is 4. The van der Waals surface area contributed by atoms with Crippen LogP contribution in [0.15, 0.2) is 65.8 Å². The summed E-state index contributed by atoms with van der Waals surface area (Å²) in [5.41, 5.74) is 2.73. The van der Waals surface area contributed by atoms with Gasteiger partial charge in [0.15, 0.2) is 0 Å². The number of benzene rings is 2. The van der Waals surface area contributed by atoms with Gasteiger partial charge in [-0.25, -0.2) is 4.79 Å². The van der Waals surface area contributed by atoms with Crippen LogP contribution in [-0.2, 0) is 11.2 Å². The van der Waals surface area contributed by atoms with Crippen molar-refractivity contribution < 1.29 is 18.7 Å². The Hall–Kier alpha value is -3.74. The monoisotopic (exact) mass is 379 g/mol. The molecule has 0 spiro atoms. The second-order valence-corrected chi connectivity index (χ2v) is 6.05. The van der Waals surface area contributed by atoms with Crippen LogP contribution >= 0.6 is 0 Å². The van der Waals surface area contributed by atoms with Crippen LogP contribution in [0.5, 0.6) is 5.75 Å². The zero-order valence-electron chi connectivity index (χ0n) is 15.5. The summed E-state index contributed by atoms with van der Waals surface area (Å²) in [5, 5.41) is 9.02. The molecule has 0 radical (unpaired) electrons. The number of furan rings is 1. The maximum Gasteiger partial charge on any atom is 0.319 e. The van der Waals surface area contributed by atoms with Crippen LogP contribution in [0.2, 0.25) is 0 Å². The van der Waals surface area contributed by atoms with Gasteiger partial charge in [0.25, 0.3) is 0 Å². The maximum absolute atomic E-state index is 12.4. The molecule has 0 aliphatic carbocycles. The predicted molar refractivity (Wildman–Crippen MR) is 109 cm³/mol. The summed E-state index contributed by atoms with van der Waals surface area (Å²) in [7, 11) is 1.59. The third kappa shape index (κ3) is 4.70. The quantitative estimate of drug-likeness (QED) is 0.542. The van der Waals surface area contributed by atoms with E-state index in [0.29, 0.717) is 29.3 Å². The molecular formula is C21H21N3O4. The number of rotatable bonds is 7. The standard InChI is InChI=1S/C21H21N3O4/c1-3-10-22-21(26)24-16-6-4-15(5-7-16)23-20(25)11-14-13-28-19-12-17(27-2)8-9-18(14)19/h3-9,12-13H,1,10-11H2,2H3,(H,23,25)(H2,22,24,26). The Morgan fingerprint density at radius 1 is 1.11 bits per heavy atom. The molecule has 3 rings (SSSR count). The minimum Gasteiger partial charge on any atom is -0.497 e. The molecule has 0 saturated carbocycles. The van der Waals surface area contributed by atoms with Gasteiger partial charge in [-0.15, -0.1) is 6.58 Å². The highest BCUT2D eigenvalue weighted by Crippen LogP contribution is 2.26. The molecular weight excluding hydrogens is 358 g/mol. The Balaban J connectivity index is 1.59. The first-order chi connectivity index (χ1) is 13.6. The Morgan fingerprint density at radius 3 is 2.50 bits per heavy atom. The van der Waals surface area contributed by atoms with E-state index in [1.54, 1.807) is 49.8 Å². The van der Waals surface area contributed by atoms with Gasteiger partial charge in [-0.05, 0) is 36.4 Å². The van der Waals surface area contributed by atoms with E-state index in [1.165, 1.54) is 0 Å². The van der Waals surface area contributed by atoms with Crippen molar-refractivity contribution in [3.63, 3.8) is 0 Å². The summed E-state index contributed by atoms with van der Waals surface area (Å²) in [6, 6.07) is 12.0. The zero-order valence-corrected chi connectivity index (χ0v) is 15.5. The number of urea groups is 1. The molecule has 28 heavy (non-hydrogen) atoms. The van der Waals surface area contributed by atoms with Gasteiger partial charge in [-0.2, -0.15) is 0 Å². The summed E-state index contributed by atoms with van der Waals surface area (Å²) in [5.74, 6) is 0.535. The number of hydrogen-bond donors (Lipinski definition) is 3. The Kier molecular flexibility index (Phi) is 5.96. The second-order valence-electron chi connectivity index (χ2n) is 6.05. The lowest BCUT2D eigenvalue weighted by molar-refractivity contribution is -0.115. The lowest BCUT2D eigenvalue weighted by Crippen LogP contribution is -2.28. The molecule has 1 aromatic heterocycles. The number of ether oxygens (including phenoxy) is 1. The largest absolute Gasteiger partial charge is 0.497 e. The minimum atomic E-state index is -0.319. The number of methoxy groups -OCH3 is 1. The average molecular weight is 379 g/mol. The van der Waals surface area contributed by atoms with Crippen molar-refractivity contribution in [1.82, 2.24) is 5.32 Å². The van der Waals surface area contributed by atoms with E-state index >= 15 is 0 Å². The normalized spacial score (nSPS) is 10.3. The summed E-state index contributed by atoms with van der Waals surface area (Å²) >= 11 is 0. The third-order valence-corrected chi connectivity index (χ3v) is 4.05. The van der Waals surface area contributed by atoms with Crippen molar-refractivity contribution in [2.45, 2.75) is 6.42 Å². The number of carbonyl (C=O) groups is 2. The summed E-state index contributed by atoms with van der Waals surface area (Å²) in [6.45, 7) is 3.92. The molecule has 0 atom stereocenters. The second kappa shape index (κ2) is 8.77. The van der Waals surface area contributed by atoms with Crippen LogP contribution in [0.3, 0.4) is 0 Å². The molecule has 1 heterocycles. The molecule has 144 valence electrons. The molecule has 7 nitrogen and oxygen atoms in total. The van der Waals surface area contributed by atoms with Crippen LogP contribution < -0.4 is 20.7 Å². The van der Waals surface area contributed by atoms with Gasteiger partial charge >= 0.3 is 6.03 Å². The highest BCUT2D eigenvalue weighted by Gasteiger charge is 2.11. The Labute approximate surface area is 162 Å². The van der Waals surface area contributed by atoms with E-state index in [-0.39, 0.29) is 18.4 Å². The lowest BCUT2D eigenvalue weighted by atomic mass is 10.1. The smallest absolute Gasteiger partial charge is 0.319 e. The van der Waals surface area contributed by atoms with E-state index in [2.05, 4.69) is 22.5 Å². The SMILES string of the molecule is C=CCNC(=O)Nc1ccc(NC(=O)Cc2coc3cc(OC)ccc23)cc1. The molecule has 0 bridgehead atoms. The van der Waals surface area contributed by atoms with Crippen LogP contribution in [0.4, 0.5) is 16.2 Å². The van der Waals surface area contributed by atoms with Gasteiger partial charge in [0.2, 0.25) is 5.91 Å². The highest BCUT2D eigenvalue weighted by molar-refractivity contribution is 5.96. The highest BCUT2D eigenvalue weighted by atomic mass is 16.5. The van der Waals surface area contributed by atoms with Crippen molar-refractivity contribution in [2.24, 2.45) is 0 Å². The van der Waals surface area contributed by atoms with E-state index in [1.807, 2.05) is 12.1 Å². The third-order valence-electron chi connectivity index (χ3n) is 4.05. The number of nitrogens with one attached hydrogen (secondary N) is 3. The van der Waals surface area contributed by atoms with Gasteiger partial charge in [0, 0.05) is 34.9 Å². The summed E-state index contributed by atoms with van der Waals surface area (Å²) in [4.78, 5) is 24.0. The van der Waals surface area contributed by atoms with Crippen molar-refractivity contribution in [1.29, 1.82) is 0 Å². The van der Waals surface area contributed by atoms with Crippen molar-refractivity contribution in [2.75, 3.05) is 24.3 Å². The first-order valence-electron chi connectivity index (χ1n) is 8.69. The topological polar surface area (TPSA) is 92.6 Å². The molecule has 0 fully saturated rings. The van der Waals surface area contributed by atoms with E-state index in [0.717, 1.165) is 10.9 Å². The number of fused-ring (bicyclic) bond motifs is 1. The molecule has 7 heteroatoms. The molecule has 3 aromatic rings. The fourth-order valence-corrected chi connectivity index (χ4v) is 2.68. The minimum absolute atomic E-state index is 0.164. The first kappa shape index (κ1) is 19.0. The first-order valence-corrected chi connectivity index (χ1v) is 8.69. The van der Waals surface area contributed by atoms with E-state index in [4.69, 9.17) is 9.15 Å². The van der Waals surface area contributed by atoms with Crippen molar-refractivity contribution in [3.05, 3.63) is 66.9 Å². The molecule has 0 saturated heterocycles. The van der Waals surface area contributed by atoms with Gasteiger partial charge in [-0.3, -0.25) is 4.79 Å². The van der Waals surface area contributed by atoms with Gasteiger partial charge in [0.1, 0.15) is 11.3 Å². The zero-order chi connectivity index (χ0) is 19.9. The van der Waals surface area contributed by atoms with Gasteiger partial charge in [-0.1, -0.05) is 6.08 Å². The summed E-state index contributed by atoms with van der Waals surface area (Å²) in [6.07, 6.45) is 3.36. The van der Waals surface area contributed by atoms with Gasteiger partial charge < -0.3 is 25.1 Å². The molecule has 2 aromatic carbocycles. The van der Waals surface area contributed by atoms with Crippen LogP contribution in [0.1, 0.15) is 5.56 Å². The summed E-state index contributed by atoms with van der Waals surface area (Å²) < 4.78 is 10.7. The van der Waals surface area contributed by atoms with Crippen LogP contribution in [0, 0.1) is 0 Å². The lowest BCUT2D eigenvalue weighted by Gasteiger charge is -2.08. The number of carbonyl (C=O) groups excluding carboxylic acids is 2. The maximum atomic E-state index is 12.4. The molecule has 3 amide bonds. The number of amides is 3. The van der Waals surface area contributed by atoms with E-state index < -0.39 is 0 Å². The average Bonchev–Trinajstić information content (AvgIpc) is 3.09. The Bertz CT molecular complexity index is 993. The molecule has 3 N–H and O–H groups in total. The van der Waals surface area contributed by atoms with Crippen LogP contribution in [0.25, 0.3) is 11.0 Å². The fourth-order valence-electron chi connectivity index (χ4n) is 2.68.